The van der Waals surface area contributed by atoms with Gasteiger partial charge in [0.15, 0.2) is 0 Å². The minimum Gasteiger partial charge on any atom is -0.496 e. The van der Waals surface area contributed by atoms with Crippen molar-refractivity contribution in [3.8, 4) is 11.4 Å². The molecule has 2 aromatic carbocycles. The Morgan fingerprint density at radius 3 is 2.57 bits per heavy atom. The van der Waals surface area contributed by atoms with Gasteiger partial charge in [-0.3, -0.25) is 18.6 Å². The molecular formula is C23H21N3O3S. The van der Waals surface area contributed by atoms with E-state index >= 15 is 0 Å². The Bertz CT molecular complexity index is 1320. The third kappa shape index (κ3) is 3.76. The molecule has 0 saturated carbocycles. The first-order chi connectivity index (χ1) is 14.5. The van der Waals surface area contributed by atoms with E-state index in [1.54, 1.807) is 37.6 Å². The average molecular weight is 420 g/mol. The highest BCUT2D eigenvalue weighted by molar-refractivity contribution is 7.84. The summed E-state index contributed by atoms with van der Waals surface area (Å²) in [7, 11) is -0.0148. The first-order valence-electron chi connectivity index (χ1n) is 9.44. The summed E-state index contributed by atoms with van der Waals surface area (Å²) < 4.78 is 20.1. The second kappa shape index (κ2) is 8.20. The molecule has 0 radical (unpaired) electrons. The fourth-order valence-corrected chi connectivity index (χ4v) is 4.43. The summed E-state index contributed by atoms with van der Waals surface area (Å²) in [6, 6.07) is 16.4. The van der Waals surface area contributed by atoms with Crippen LogP contribution in [-0.2, 0) is 16.6 Å². The number of ether oxygens (including phenoxy) is 1. The zero-order valence-corrected chi connectivity index (χ0v) is 17.8. The lowest BCUT2D eigenvalue weighted by molar-refractivity contribution is 0.410. The van der Waals surface area contributed by atoms with Gasteiger partial charge >= 0.3 is 0 Å². The van der Waals surface area contributed by atoms with Crippen LogP contribution >= 0.6 is 0 Å². The predicted molar refractivity (Wildman–Crippen MR) is 118 cm³/mol. The number of aromatic nitrogens is 3. The lowest BCUT2D eigenvalue weighted by Gasteiger charge is -2.14. The Balaban J connectivity index is 1.88. The first kappa shape index (κ1) is 20.0. The van der Waals surface area contributed by atoms with Crippen LogP contribution in [0, 0.1) is 13.8 Å². The SMILES string of the molecule is COc1cc(CS(=O)c2nc3ccc(C)cc3c(=O)n2-c2ccccc2)ncc1C. The van der Waals surface area contributed by atoms with E-state index in [1.165, 1.54) is 4.57 Å². The van der Waals surface area contributed by atoms with Gasteiger partial charge in [-0.15, -0.1) is 0 Å². The van der Waals surface area contributed by atoms with Crippen molar-refractivity contribution >= 4 is 21.7 Å². The Labute approximate surface area is 176 Å². The average Bonchev–Trinajstić information content (AvgIpc) is 2.76. The van der Waals surface area contributed by atoms with Crippen LogP contribution in [0.2, 0.25) is 0 Å². The Morgan fingerprint density at radius 2 is 1.83 bits per heavy atom. The molecule has 2 heterocycles. The molecule has 0 spiro atoms. The lowest BCUT2D eigenvalue weighted by Crippen LogP contribution is -2.25. The number of hydrogen-bond donors (Lipinski definition) is 0. The molecule has 0 N–H and O–H groups in total. The van der Waals surface area contributed by atoms with Crippen LogP contribution in [0.5, 0.6) is 5.75 Å². The van der Waals surface area contributed by atoms with E-state index in [0.29, 0.717) is 28.0 Å². The van der Waals surface area contributed by atoms with Gasteiger partial charge in [-0.1, -0.05) is 29.8 Å². The van der Waals surface area contributed by atoms with Gasteiger partial charge in [-0.2, -0.15) is 0 Å². The zero-order chi connectivity index (χ0) is 21.3. The van der Waals surface area contributed by atoms with Crippen molar-refractivity contribution in [3.63, 3.8) is 0 Å². The molecule has 6 nitrogen and oxygen atoms in total. The summed E-state index contributed by atoms with van der Waals surface area (Å²) in [5.41, 5.74) is 3.37. The van der Waals surface area contributed by atoms with Crippen molar-refractivity contribution in [1.29, 1.82) is 0 Å². The molecule has 1 unspecified atom stereocenters. The highest BCUT2D eigenvalue weighted by Gasteiger charge is 2.19. The van der Waals surface area contributed by atoms with Gasteiger partial charge in [-0.05, 0) is 38.1 Å². The maximum atomic E-state index is 13.4. The molecule has 0 saturated heterocycles. The number of pyridine rings is 1. The molecule has 152 valence electrons. The van der Waals surface area contributed by atoms with Crippen molar-refractivity contribution < 1.29 is 8.95 Å². The molecule has 0 aliphatic carbocycles. The standard InChI is InChI=1S/C23H21N3O3S/c1-15-9-10-20-19(11-15)22(27)26(18-7-5-4-6-8-18)23(25-20)30(28)14-17-12-21(29-3)16(2)13-24-17/h4-13H,14H2,1-3H3. The van der Waals surface area contributed by atoms with E-state index in [4.69, 9.17) is 4.74 Å². The van der Waals surface area contributed by atoms with Crippen LogP contribution in [-0.4, -0.2) is 25.9 Å². The topological polar surface area (TPSA) is 74.1 Å². The third-order valence-electron chi connectivity index (χ3n) is 4.82. The van der Waals surface area contributed by atoms with Crippen LogP contribution < -0.4 is 10.3 Å². The molecule has 0 amide bonds. The van der Waals surface area contributed by atoms with Crippen molar-refractivity contribution in [2.45, 2.75) is 24.8 Å². The number of methoxy groups -OCH3 is 1. The van der Waals surface area contributed by atoms with Crippen LogP contribution in [0.25, 0.3) is 16.6 Å². The smallest absolute Gasteiger partial charge is 0.266 e. The Morgan fingerprint density at radius 1 is 1.07 bits per heavy atom. The number of nitrogens with zero attached hydrogens (tertiary/aromatic N) is 3. The molecular weight excluding hydrogens is 398 g/mol. The number of aryl methyl sites for hydroxylation is 2. The minimum atomic E-state index is -1.60. The van der Waals surface area contributed by atoms with Crippen molar-refractivity contribution in [3.05, 3.63) is 88.0 Å². The van der Waals surface area contributed by atoms with Crippen LogP contribution in [0.15, 0.2) is 70.7 Å². The van der Waals surface area contributed by atoms with Crippen molar-refractivity contribution in [1.82, 2.24) is 14.5 Å². The highest BCUT2D eigenvalue weighted by Crippen LogP contribution is 2.21. The number of rotatable bonds is 5. The van der Waals surface area contributed by atoms with E-state index < -0.39 is 10.8 Å². The minimum absolute atomic E-state index is 0.118. The van der Waals surface area contributed by atoms with E-state index in [-0.39, 0.29) is 16.5 Å². The van der Waals surface area contributed by atoms with Gasteiger partial charge in [0.2, 0.25) is 5.16 Å². The molecule has 2 aromatic heterocycles. The highest BCUT2D eigenvalue weighted by atomic mass is 32.2. The summed E-state index contributed by atoms with van der Waals surface area (Å²) in [5, 5.41) is 0.693. The van der Waals surface area contributed by atoms with Gasteiger partial charge in [0.1, 0.15) is 5.75 Å². The van der Waals surface area contributed by atoms with Gasteiger partial charge in [-0.25, -0.2) is 4.98 Å². The van der Waals surface area contributed by atoms with E-state index in [9.17, 15) is 9.00 Å². The number of hydrogen-bond acceptors (Lipinski definition) is 5. The van der Waals surface area contributed by atoms with Gasteiger partial charge in [0.05, 0.1) is 45.9 Å². The number of para-hydroxylation sites is 1. The first-order valence-corrected chi connectivity index (χ1v) is 10.8. The summed E-state index contributed by atoms with van der Waals surface area (Å²) in [6.45, 7) is 3.82. The fourth-order valence-electron chi connectivity index (χ4n) is 3.28. The quantitative estimate of drug-likeness (QED) is 0.461. The summed E-state index contributed by atoms with van der Waals surface area (Å²) >= 11 is 0. The van der Waals surface area contributed by atoms with Crippen LogP contribution in [0.4, 0.5) is 0 Å². The Hall–Kier alpha value is -3.32. The Kier molecular flexibility index (Phi) is 5.46. The van der Waals surface area contributed by atoms with E-state index in [2.05, 4.69) is 9.97 Å². The fraction of sp³-hybridized carbons (Fsp3) is 0.174. The normalized spacial score (nSPS) is 12.1. The summed E-state index contributed by atoms with van der Waals surface area (Å²) in [5.74, 6) is 0.798. The number of fused-ring (bicyclic) bond motifs is 1. The molecule has 0 aliphatic rings. The van der Waals surface area contributed by atoms with E-state index in [0.717, 1.165) is 11.1 Å². The third-order valence-corrected chi connectivity index (χ3v) is 6.06. The molecule has 0 fully saturated rings. The molecule has 4 rings (SSSR count). The lowest BCUT2D eigenvalue weighted by atomic mass is 10.1. The van der Waals surface area contributed by atoms with E-state index in [1.807, 2.05) is 44.2 Å². The largest absolute Gasteiger partial charge is 0.496 e. The van der Waals surface area contributed by atoms with Crippen LogP contribution in [0.1, 0.15) is 16.8 Å². The number of benzene rings is 2. The molecule has 0 bridgehead atoms. The van der Waals surface area contributed by atoms with Gasteiger partial charge in [0, 0.05) is 17.8 Å². The van der Waals surface area contributed by atoms with Gasteiger partial charge < -0.3 is 4.74 Å². The van der Waals surface area contributed by atoms with Crippen LogP contribution in [0.3, 0.4) is 0 Å². The molecule has 1 atom stereocenters. The monoisotopic (exact) mass is 419 g/mol. The molecule has 7 heteroatoms. The second-order valence-electron chi connectivity index (χ2n) is 7.03. The van der Waals surface area contributed by atoms with Crippen molar-refractivity contribution in [2.24, 2.45) is 0 Å². The molecule has 30 heavy (non-hydrogen) atoms. The predicted octanol–water partition coefficient (Wildman–Crippen LogP) is 3.71. The molecule has 0 aliphatic heterocycles. The maximum Gasteiger partial charge on any atom is 0.266 e. The summed E-state index contributed by atoms with van der Waals surface area (Å²) in [4.78, 5) is 22.3. The molecule has 4 aromatic rings. The van der Waals surface area contributed by atoms with Gasteiger partial charge in [0.25, 0.3) is 5.56 Å². The summed E-state index contributed by atoms with van der Waals surface area (Å²) in [6.07, 6.45) is 1.69. The second-order valence-corrected chi connectivity index (χ2v) is 8.37. The van der Waals surface area contributed by atoms with Crippen molar-refractivity contribution in [2.75, 3.05) is 7.11 Å². The zero-order valence-electron chi connectivity index (χ0n) is 17.0. The maximum absolute atomic E-state index is 13.4.